The number of hydrogen-bond acceptors (Lipinski definition) is 2. The minimum Gasteiger partial charge on any atom is -0.242 e. The van der Waals surface area contributed by atoms with Gasteiger partial charge in [0.1, 0.15) is 0 Å². The summed E-state index contributed by atoms with van der Waals surface area (Å²) < 4.78 is 0. The van der Waals surface area contributed by atoms with Gasteiger partial charge in [-0.1, -0.05) is 55.8 Å². The molecule has 0 radical (unpaired) electrons. The van der Waals surface area contributed by atoms with E-state index < -0.39 is 0 Å². The maximum atomic E-state index is 4.61. The van der Waals surface area contributed by atoms with Crippen LogP contribution in [-0.4, -0.2) is 11.2 Å². The summed E-state index contributed by atoms with van der Waals surface area (Å²) in [7, 11) is 0. The first-order valence-electron chi connectivity index (χ1n) is 7.28. The fraction of sp³-hybridized carbons (Fsp3) is 0.211. The lowest BCUT2D eigenvalue weighted by molar-refractivity contribution is 1.19. The molecule has 0 amide bonds. The van der Waals surface area contributed by atoms with Crippen LogP contribution in [-0.2, 0) is 0 Å². The molecule has 3 aromatic rings. The van der Waals surface area contributed by atoms with Gasteiger partial charge in [-0.25, -0.2) is 4.98 Å². The van der Waals surface area contributed by atoms with E-state index in [1.807, 2.05) is 13.8 Å². The van der Waals surface area contributed by atoms with Gasteiger partial charge in [0, 0.05) is 5.39 Å². The summed E-state index contributed by atoms with van der Waals surface area (Å²) in [6.45, 7) is 6.11. The summed E-state index contributed by atoms with van der Waals surface area (Å²) >= 11 is 1.67. The molecule has 0 spiro atoms. The lowest BCUT2D eigenvalue weighted by Crippen LogP contribution is -1.84. The van der Waals surface area contributed by atoms with Crippen LogP contribution in [0.15, 0.2) is 59.6 Å². The maximum absolute atomic E-state index is 4.61. The van der Waals surface area contributed by atoms with E-state index in [9.17, 15) is 0 Å². The van der Waals surface area contributed by atoms with E-state index >= 15 is 0 Å². The van der Waals surface area contributed by atoms with Crippen LogP contribution >= 0.6 is 11.8 Å². The smallest absolute Gasteiger partial charge is 0.0964 e. The van der Waals surface area contributed by atoms with Gasteiger partial charge in [0.2, 0.25) is 0 Å². The van der Waals surface area contributed by atoms with E-state index in [1.54, 1.807) is 11.8 Å². The molecule has 0 saturated carbocycles. The number of benzene rings is 2. The molecule has 0 N–H and O–H groups in total. The SMILES string of the molecule is CC.CSc1ccc2cc(-c3ccc(C)cc3)ccc2n1. The highest BCUT2D eigenvalue weighted by Crippen LogP contribution is 2.25. The number of aryl methyl sites for hydroxylation is 1. The van der Waals surface area contributed by atoms with Crippen molar-refractivity contribution in [3.63, 3.8) is 0 Å². The maximum Gasteiger partial charge on any atom is 0.0964 e. The zero-order chi connectivity index (χ0) is 15.2. The Kier molecular flexibility index (Phi) is 5.40. The molecule has 108 valence electrons. The highest BCUT2D eigenvalue weighted by atomic mass is 32.2. The lowest BCUT2D eigenvalue weighted by atomic mass is 10.0. The number of fused-ring (bicyclic) bond motifs is 1. The Morgan fingerprint density at radius 2 is 1.48 bits per heavy atom. The molecule has 0 bridgehead atoms. The van der Waals surface area contributed by atoms with Gasteiger partial charge >= 0.3 is 0 Å². The molecule has 2 aromatic carbocycles. The van der Waals surface area contributed by atoms with Crippen molar-refractivity contribution in [3.8, 4) is 11.1 Å². The Morgan fingerprint density at radius 1 is 0.810 bits per heavy atom. The molecule has 1 nitrogen and oxygen atoms in total. The zero-order valence-corrected chi connectivity index (χ0v) is 13.9. The molecular weight excluding hydrogens is 274 g/mol. The molecular formula is C19H21NS. The van der Waals surface area contributed by atoms with Crippen molar-refractivity contribution in [1.82, 2.24) is 4.98 Å². The predicted molar refractivity (Wildman–Crippen MR) is 95.0 cm³/mol. The second-order valence-electron chi connectivity index (χ2n) is 4.63. The van der Waals surface area contributed by atoms with Crippen LogP contribution in [0, 0.1) is 6.92 Å². The first-order valence-corrected chi connectivity index (χ1v) is 8.50. The number of aromatic nitrogens is 1. The number of pyridine rings is 1. The summed E-state index contributed by atoms with van der Waals surface area (Å²) in [5.74, 6) is 0. The van der Waals surface area contributed by atoms with E-state index in [0.29, 0.717) is 0 Å². The molecule has 3 rings (SSSR count). The topological polar surface area (TPSA) is 12.9 Å². The Hall–Kier alpha value is -1.80. The first kappa shape index (κ1) is 15.6. The van der Waals surface area contributed by atoms with Gasteiger partial charge in [0.15, 0.2) is 0 Å². The molecule has 2 heteroatoms. The van der Waals surface area contributed by atoms with Crippen LogP contribution in [0.2, 0.25) is 0 Å². The predicted octanol–water partition coefficient (Wildman–Crippen LogP) is 5.96. The lowest BCUT2D eigenvalue weighted by Gasteiger charge is -2.05. The molecule has 0 saturated heterocycles. The van der Waals surface area contributed by atoms with Gasteiger partial charge in [-0.15, -0.1) is 11.8 Å². The third-order valence-electron chi connectivity index (χ3n) is 3.26. The molecule has 0 aliphatic rings. The molecule has 0 aliphatic carbocycles. The third kappa shape index (κ3) is 3.64. The van der Waals surface area contributed by atoms with Crippen molar-refractivity contribution in [2.24, 2.45) is 0 Å². The summed E-state index contributed by atoms with van der Waals surface area (Å²) in [4.78, 5) is 4.61. The highest BCUT2D eigenvalue weighted by molar-refractivity contribution is 7.98. The van der Waals surface area contributed by atoms with Crippen molar-refractivity contribution in [2.45, 2.75) is 25.8 Å². The first-order chi connectivity index (χ1) is 10.3. The largest absolute Gasteiger partial charge is 0.242 e. The molecule has 0 fully saturated rings. The van der Waals surface area contributed by atoms with E-state index in [2.05, 4.69) is 72.8 Å². The molecule has 1 heterocycles. The van der Waals surface area contributed by atoms with Gasteiger partial charge in [-0.3, -0.25) is 0 Å². The monoisotopic (exact) mass is 295 g/mol. The van der Waals surface area contributed by atoms with Crippen LogP contribution in [0.4, 0.5) is 0 Å². The molecule has 0 unspecified atom stereocenters. The normalized spacial score (nSPS) is 10.1. The van der Waals surface area contributed by atoms with Crippen LogP contribution < -0.4 is 0 Å². The average molecular weight is 295 g/mol. The zero-order valence-electron chi connectivity index (χ0n) is 13.1. The number of hydrogen-bond donors (Lipinski definition) is 0. The summed E-state index contributed by atoms with van der Waals surface area (Å²) in [5.41, 5.74) is 4.84. The quantitative estimate of drug-likeness (QED) is 0.541. The van der Waals surface area contributed by atoms with Gasteiger partial charge in [0.05, 0.1) is 10.5 Å². The summed E-state index contributed by atoms with van der Waals surface area (Å²) in [6, 6.07) is 19.3. The van der Waals surface area contributed by atoms with Crippen molar-refractivity contribution >= 4 is 22.7 Å². The molecule has 0 aliphatic heterocycles. The third-order valence-corrected chi connectivity index (χ3v) is 3.90. The van der Waals surface area contributed by atoms with Gasteiger partial charge in [-0.05, 0) is 42.5 Å². The Labute approximate surface area is 131 Å². The van der Waals surface area contributed by atoms with Crippen LogP contribution in [0.3, 0.4) is 0 Å². The molecule has 1 aromatic heterocycles. The van der Waals surface area contributed by atoms with Crippen LogP contribution in [0.1, 0.15) is 19.4 Å². The number of nitrogens with zero attached hydrogens (tertiary/aromatic N) is 1. The molecule has 0 atom stereocenters. The fourth-order valence-corrected chi connectivity index (χ4v) is 2.54. The Bertz CT molecular complexity index is 717. The Morgan fingerprint density at radius 3 is 2.14 bits per heavy atom. The van der Waals surface area contributed by atoms with Gasteiger partial charge < -0.3 is 0 Å². The van der Waals surface area contributed by atoms with Crippen LogP contribution in [0.25, 0.3) is 22.0 Å². The van der Waals surface area contributed by atoms with Crippen molar-refractivity contribution in [1.29, 1.82) is 0 Å². The van der Waals surface area contributed by atoms with Crippen LogP contribution in [0.5, 0.6) is 0 Å². The molecule has 21 heavy (non-hydrogen) atoms. The fourth-order valence-electron chi connectivity index (χ4n) is 2.15. The minimum atomic E-state index is 1.06. The van der Waals surface area contributed by atoms with E-state index in [-0.39, 0.29) is 0 Å². The van der Waals surface area contributed by atoms with Gasteiger partial charge in [0.25, 0.3) is 0 Å². The van der Waals surface area contributed by atoms with Crippen molar-refractivity contribution in [2.75, 3.05) is 6.26 Å². The van der Waals surface area contributed by atoms with Gasteiger partial charge in [-0.2, -0.15) is 0 Å². The highest BCUT2D eigenvalue weighted by Gasteiger charge is 2.01. The average Bonchev–Trinajstić information content (AvgIpc) is 2.56. The summed E-state index contributed by atoms with van der Waals surface area (Å²) in [5, 5.41) is 2.26. The van der Waals surface area contributed by atoms with Crippen molar-refractivity contribution in [3.05, 3.63) is 60.2 Å². The standard InChI is InChI=1S/C17H15NS.C2H6/c1-12-3-5-13(6-4-12)14-7-9-16-15(11-14)8-10-17(18-16)19-2;1-2/h3-11H,1-2H3;1-2H3. The second-order valence-corrected chi connectivity index (χ2v) is 5.45. The Balaban J connectivity index is 0.000000774. The summed E-state index contributed by atoms with van der Waals surface area (Å²) in [6.07, 6.45) is 2.05. The van der Waals surface area contributed by atoms with Crippen molar-refractivity contribution < 1.29 is 0 Å². The van der Waals surface area contributed by atoms with E-state index in [0.717, 1.165) is 10.5 Å². The second kappa shape index (κ2) is 7.28. The van der Waals surface area contributed by atoms with E-state index in [4.69, 9.17) is 0 Å². The number of thioether (sulfide) groups is 1. The van der Waals surface area contributed by atoms with E-state index in [1.165, 1.54) is 22.1 Å². The minimum absolute atomic E-state index is 1.06. The number of rotatable bonds is 2.